The van der Waals surface area contributed by atoms with E-state index in [9.17, 15) is 5.26 Å². The molecule has 0 saturated heterocycles. The van der Waals surface area contributed by atoms with E-state index in [2.05, 4.69) is 16.2 Å². The number of nitrogens with two attached hydrogens (primary N) is 1. The van der Waals surface area contributed by atoms with Crippen LogP contribution in [0.15, 0.2) is 66.3 Å². The average molecular weight is 382 g/mol. The maximum atomic E-state index is 9.73. The average Bonchev–Trinajstić information content (AvgIpc) is 3.28. The van der Waals surface area contributed by atoms with E-state index in [1.54, 1.807) is 11.7 Å². The summed E-state index contributed by atoms with van der Waals surface area (Å²) >= 11 is 0. The highest BCUT2D eigenvalue weighted by molar-refractivity contribution is 5.77. The van der Waals surface area contributed by atoms with Crippen LogP contribution >= 0.6 is 0 Å². The Hall–Kier alpha value is -4.05. The topological polar surface area (TPSA) is 94.7 Å². The van der Waals surface area contributed by atoms with Crippen LogP contribution in [0.3, 0.4) is 0 Å². The Balaban J connectivity index is 1.62. The van der Waals surface area contributed by atoms with Crippen LogP contribution in [0, 0.1) is 18.3 Å². The van der Waals surface area contributed by atoms with Crippen molar-refractivity contribution >= 4 is 11.0 Å². The summed E-state index contributed by atoms with van der Waals surface area (Å²) in [7, 11) is 1.81. The number of rotatable bonds is 2. The standard InChI is InChI=1S/C22H18N6O/c1-13-19-20(16(11-23)21(24)29-22(19)27(2)26-13)14-7-9-15(10-8-14)28-12-25-17-5-3-4-6-18(17)28/h3-10,12,20H,24H2,1-2H3. The summed E-state index contributed by atoms with van der Waals surface area (Å²) in [6.45, 7) is 1.91. The van der Waals surface area contributed by atoms with Gasteiger partial charge in [-0.2, -0.15) is 10.4 Å². The molecule has 0 fully saturated rings. The van der Waals surface area contributed by atoms with Crippen LogP contribution in [-0.2, 0) is 7.05 Å². The first-order valence-corrected chi connectivity index (χ1v) is 9.22. The summed E-state index contributed by atoms with van der Waals surface area (Å²) in [4.78, 5) is 4.46. The van der Waals surface area contributed by atoms with E-state index in [0.29, 0.717) is 11.5 Å². The number of nitrogens with zero attached hydrogens (tertiary/aromatic N) is 5. The second kappa shape index (κ2) is 6.24. The number of hydrogen-bond donors (Lipinski definition) is 1. The molecule has 0 aliphatic carbocycles. The summed E-state index contributed by atoms with van der Waals surface area (Å²) in [5.74, 6) is 0.386. The number of ether oxygens (including phenoxy) is 1. The van der Waals surface area contributed by atoms with Crippen molar-refractivity contribution in [1.29, 1.82) is 5.26 Å². The Bertz CT molecular complexity index is 1320. The number of allylic oxidation sites excluding steroid dienone is 1. The SMILES string of the molecule is Cc1nn(C)c2c1C(c1ccc(-n3cnc4ccccc43)cc1)C(C#N)=C(N)O2. The fourth-order valence-electron chi connectivity index (χ4n) is 4.00. The first kappa shape index (κ1) is 17.1. The second-order valence-corrected chi connectivity index (χ2v) is 7.05. The van der Waals surface area contributed by atoms with Crippen LogP contribution in [0.4, 0.5) is 0 Å². The van der Waals surface area contributed by atoms with Crippen molar-refractivity contribution < 1.29 is 4.74 Å². The number of aryl methyl sites for hydroxylation is 2. The van der Waals surface area contributed by atoms with Gasteiger partial charge in [-0.1, -0.05) is 24.3 Å². The molecule has 142 valence electrons. The van der Waals surface area contributed by atoms with Crippen molar-refractivity contribution in [3.8, 4) is 17.6 Å². The molecular weight excluding hydrogens is 364 g/mol. The minimum atomic E-state index is -0.314. The Morgan fingerprint density at radius 1 is 1.14 bits per heavy atom. The molecule has 7 nitrogen and oxygen atoms in total. The van der Waals surface area contributed by atoms with Crippen molar-refractivity contribution in [2.75, 3.05) is 0 Å². The number of benzene rings is 2. The van der Waals surface area contributed by atoms with Crippen LogP contribution in [0.2, 0.25) is 0 Å². The van der Waals surface area contributed by atoms with Gasteiger partial charge in [-0.05, 0) is 36.8 Å². The summed E-state index contributed by atoms with van der Waals surface area (Å²) in [6.07, 6.45) is 1.82. The first-order chi connectivity index (χ1) is 14.1. The van der Waals surface area contributed by atoms with Gasteiger partial charge < -0.3 is 10.5 Å². The summed E-state index contributed by atoms with van der Waals surface area (Å²) in [5.41, 5.74) is 12.1. The van der Waals surface area contributed by atoms with Crippen molar-refractivity contribution in [2.24, 2.45) is 12.8 Å². The normalized spacial score (nSPS) is 15.8. The zero-order valence-electron chi connectivity index (χ0n) is 16.0. The summed E-state index contributed by atoms with van der Waals surface area (Å²) < 4.78 is 9.39. The predicted molar refractivity (Wildman–Crippen MR) is 108 cm³/mol. The van der Waals surface area contributed by atoms with E-state index in [-0.39, 0.29) is 11.8 Å². The Morgan fingerprint density at radius 2 is 1.90 bits per heavy atom. The largest absolute Gasteiger partial charge is 0.422 e. The first-order valence-electron chi connectivity index (χ1n) is 9.22. The molecule has 0 saturated carbocycles. The minimum Gasteiger partial charge on any atom is -0.422 e. The molecule has 4 aromatic rings. The van der Waals surface area contributed by atoms with Crippen LogP contribution in [0.5, 0.6) is 5.88 Å². The van der Waals surface area contributed by atoms with Crippen molar-refractivity contribution in [1.82, 2.24) is 19.3 Å². The van der Waals surface area contributed by atoms with Gasteiger partial charge in [0.1, 0.15) is 18.0 Å². The molecule has 1 aliphatic heterocycles. The van der Waals surface area contributed by atoms with E-state index in [0.717, 1.165) is 33.5 Å². The number of hydrogen-bond acceptors (Lipinski definition) is 5. The number of nitriles is 1. The maximum absolute atomic E-state index is 9.73. The molecule has 1 atom stereocenters. The highest BCUT2D eigenvalue weighted by Crippen LogP contribution is 2.43. The molecule has 1 unspecified atom stereocenters. The summed E-state index contributed by atoms with van der Waals surface area (Å²) in [5, 5.41) is 14.2. The fraction of sp³-hybridized carbons (Fsp3) is 0.136. The lowest BCUT2D eigenvalue weighted by atomic mass is 9.84. The smallest absolute Gasteiger partial charge is 0.224 e. The van der Waals surface area contributed by atoms with E-state index in [1.807, 2.05) is 66.3 Å². The molecule has 5 rings (SSSR count). The van der Waals surface area contributed by atoms with Gasteiger partial charge in [-0.15, -0.1) is 0 Å². The molecule has 7 heteroatoms. The molecule has 0 bridgehead atoms. The molecule has 29 heavy (non-hydrogen) atoms. The molecular formula is C22H18N6O. The maximum Gasteiger partial charge on any atom is 0.224 e. The van der Waals surface area contributed by atoms with Crippen LogP contribution < -0.4 is 10.5 Å². The molecule has 0 amide bonds. The second-order valence-electron chi connectivity index (χ2n) is 7.05. The van der Waals surface area contributed by atoms with Gasteiger partial charge in [-0.25, -0.2) is 9.67 Å². The highest BCUT2D eigenvalue weighted by atomic mass is 16.5. The molecule has 0 spiro atoms. The van der Waals surface area contributed by atoms with Crippen molar-refractivity contribution in [2.45, 2.75) is 12.8 Å². The Labute approximate surface area is 167 Å². The van der Waals surface area contributed by atoms with Crippen LogP contribution in [0.1, 0.15) is 22.7 Å². The lowest BCUT2D eigenvalue weighted by molar-refractivity contribution is 0.358. The lowest BCUT2D eigenvalue weighted by Crippen LogP contribution is -2.21. The quantitative estimate of drug-likeness (QED) is 0.574. The third kappa shape index (κ3) is 2.50. The molecule has 2 aromatic carbocycles. The molecule has 2 N–H and O–H groups in total. The van der Waals surface area contributed by atoms with Gasteiger partial charge in [-0.3, -0.25) is 4.57 Å². The van der Waals surface area contributed by atoms with Crippen molar-refractivity contribution in [3.05, 3.63) is 83.1 Å². The minimum absolute atomic E-state index is 0.123. The Morgan fingerprint density at radius 3 is 2.66 bits per heavy atom. The van der Waals surface area contributed by atoms with Gasteiger partial charge in [0.05, 0.1) is 28.2 Å². The third-order valence-corrected chi connectivity index (χ3v) is 5.34. The van der Waals surface area contributed by atoms with Crippen LogP contribution in [0.25, 0.3) is 16.7 Å². The molecule has 2 aromatic heterocycles. The van der Waals surface area contributed by atoms with Crippen molar-refractivity contribution in [3.63, 3.8) is 0 Å². The summed E-state index contributed by atoms with van der Waals surface area (Å²) in [6, 6.07) is 18.3. The van der Waals surface area contributed by atoms with Gasteiger partial charge in [0.2, 0.25) is 11.8 Å². The van der Waals surface area contributed by atoms with E-state index >= 15 is 0 Å². The molecule has 0 radical (unpaired) electrons. The lowest BCUT2D eigenvalue weighted by Gasteiger charge is -2.24. The zero-order chi connectivity index (χ0) is 20.1. The van der Waals surface area contributed by atoms with Crippen LogP contribution in [-0.4, -0.2) is 19.3 Å². The Kier molecular flexibility index (Phi) is 3.68. The van der Waals surface area contributed by atoms with Gasteiger partial charge in [0.15, 0.2) is 0 Å². The monoisotopic (exact) mass is 382 g/mol. The number of para-hydroxylation sites is 2. The third-order valence-electron chi connectivity index (χ3n) is 5.34. The number of fused-ring (bicyclic) bond motifs is 2. The molecule has 3 heterocycles. The van der Waals surface area contributed by atoms with E-state index < -0.39 is 0 Å². The highest BCUT2D eigenvalue weighted by Gasteiger charge is 2.35. The number of aromatic nitrogens is 4. The molecule has 1 aliphatic rings. The predicted octanol–water partition coefficient (Wildman–Crippen LogP) is 3.29. The van der Waals surface area contributed by atoms with Gasteiger partial charge in [0, 0.05) is 12.7 Å². The van der Waals surface area contributed by atoms with Gasteiger partial charge >= 0.3 is 0 Å². The zero-order valence-corrected chi connectivity index (χ0v) is 16.0. The van der Waals surface area contributed by atoms with E-state index in [1.165, 1.54) is 0 Å². The fourth-order valence-corrected chi connectivity index (χ4v) is 4.00. The van der Waals surface area contributed by atoms with E-state index in [4.69, 9.17) is 10.5 Å². The number of imidazole rings is 1. The van der Waals surface area contributed by atoms with Gasteiger partial charge in [0.25, 0.3) is 0 Å².